The molecule has 0 aliphatic heterocycles. The summed E-state index contributed by atoms with van der Waals surface area (Å²) in [5.74, 6) is 0. The second-order valence-corrected chi connectivity index (χ2v) is 4.99. The molecule has 15 heavy (non-hydrogen) atoms. The number of amides is 1. The number of hydrogen-bond donors (Lipinski definition) is 2. The molecule has 0 aromatic heterocycles. The van der Waals surface area contributed by atoms with Gasteiger partial charge in [-0.3, -0.25) is 0 Å². The van der Waals surface area contributed by atoms with Gasteiger partial charge in [0, 0.05) is 6.04 Å². The van der Waals surface area contributed by atoms with E-state index in [2.05, 4.69) is 25.5 Å². The molecule has 4 N–H and O–H groups in total. The zero-order valence-electron chi connectivity index (χ0n) is 10.1. The second kappa shape index (κ2) is 6.67. The molecule has 0 aliphatic rings. The first kappa shape index (κ1) is 14.2. The molecule has 4 nitrogen and oxygen atoms in total. The third-order valence-corrected chi connectivity index (χ3v) is 2.52. The van der Waals surface area contributed by atoms with Crippen LogP contribution in [0.1, 0.15) is 46.5 Å². The summed E-state index contributed by atoms with van der Waals surface area (Å²) in [6.07, 6.45) is 3.28. The summed E-state index contributed by atoms with van der Waals surface area (Å²) in [6, 6.07) is 0.231. The highest BCUT2D eigenvalue weighted by molar-refractivity contribution is 5.64. The fourth-order valence-electron chi connectivity index (χ4n) is 1.25. The monoisotopic (exact) mass is 216 g/mol. The van der Waals surface area contributed by atoms with Gasteiger partial charge >= 0.3 is 6.09 Å². The van der Waals surface area contributed by atoms with Crippen LogP contribution < -0.4 is 11.5 Å². The van der Waals surface area contributed by atoms with Gasteiger partial charge in [0.1, 0.15) is 0 Å². The minimum absolute atomic E-state index is 0.170. The van der Waals surface area contributed by atoms with Gasteiger partial charge < -0.3 is 16.2 Å². The van der Waals surface area contributed by atoms with Gasteiger partial charge in [-0.15, -0.1) is 0 Å². The van der Waals surface area contributed by atoms with Crippen LogP contribution in [0.25, 0.3) is 0 Å². The van der Waals surface area contributed by atoms with Crippen molar-refractivity contribution in [1.29, 1.82) is 0 Å². The van der Waals surface area contributed by atoms with Crippen LogP contribution in [0.2, 0.25) is 0 Å². The van der Waals surface area contributed by atoms with Crippen molar-refractivity contribution in [2.75, 3.05) is 6.61 Å². The zero-order chi connectivity index (χ0) is 11.9. The van der Waals surface area contributed by atoms with Crippen molar-refractivity contribution in [3.63, 3.8) is 0 Å². The molecule has 0 aliphatic carbocycles. The Bertz CT molecular complexity index is 188. The number of rotatable bonds is 6. The Morgan fingerprint density at radius 3 is 2.33 bits per heavy atom. The lowest BCUT2D eigenvalue weighted by molar-refractivity contribution is 0.154. The average molecular weight is 216 g/mol. The Kier molecular flexibility index (Phi) is 6.32. The van der Waals surface area contributed by atoms with E-state index in [4.69, 9.17) is 11.5 Å². The van der Waals surface area contributed by atoms with E-state index >= 15 is 0 Å². The van der Waals surface area contributed by atoms with Crippen molar-refractivity contribution in [1.82, 2.24) is 0 Å². The van der Waals surface area contributed by atoms with E-state index in [1.807, 2.05) is 0 Å². The summed E-state index contributed by atoms with van der Waals surface area (Å²) in [5.41, 5.74) is 11.0. The highest BCUT2D eigenvalue weighted by Crippen LogP contribution is 2.21. The fourth-order valence-corrected chi connectivity index (χ4v) is 1.25. The van der Waals surface area contributed by atoms with Crippen molar-refractivity contribution < 1.29 is 9.53 Å². The Morgan fingerprint density at radius 2 is 1.87 bits per heavy atom. The third kappa shape index (κ3) is 8.24. The van der Waals surface area contributed by atoms with Crippen LogP contribution in [0, 0.1) is 5.41 Å². The number of carbonyl (C=O) groups excluding carboxylic acids is 1. The van der Waals surface area contributed by atoms with E-state index in [9.17, 15) is 4.79 Å². The van der Waals surface area contributed by atoms with Gasteiger partial charge in [0.2, 0.25) is 0 Å². The minimum Gasteiger partial charge on any atom is -0.450 e. The summed E-state index contributed by atoms with van der Waals surface area (Å²) < 4.78 is 4.62. The van der Waals surface area contributed by atoms with Gasteiger partial charge in [0.15, 0.2) is 0 Å². The molecule has 90 valence electrons. The van der Waals surface area contributed by atoms with E-state index in [0.29, 0.717) is 6.61 Å². The molecule has 4 heteroatoms. The van der Waals surface area contributed by atoms with Crippen molar-refractivity contribution in [3.05, 3.63) is 0 Å². The Morgan fingerprint density at radius 1 is 1.27 bits per heavy atom. The second-order valence-electron chi connectivity index (χ2n) is 4.99. The normalized spacial score (nSPS) is 13.6. The standard InChI is InChI=1S/C11H24N2O2/c1-11(2,3)9(12)7-5-4-6-8-15-10(13)14/h9H,4-8,12H2,1-3H3,(H2,13,14). The van der Waals surface area contributed by atoms with Crippen LogP contribution in [-0.2, 0) is 4.74 Å². The van der Waals surface area contributed by atoms with Gasteiger partial charge in [-0.25, -0.2) is 4.79 Å². The molecule has 0 fully saturated rings. The molecule has 0 saturated carbocycles. The molecule has 1 atom stereocenters. The van der Waals surface area contributed by atoms with Crippen molar-refractivity contribution in [2.24, 2.45) is 16.9 Å². The number of ether oxygens (including phenoxy) is 1. The molecule has 0 rings (SSSR count). The molecule has 0 aromatic carbocycles. The van der Waals surface area contributed by atoms with Crippen molar-refractivity contribution >= 4 is 6.09 Å². The van der Waals surface area contributed by atoms with E-state index in [1.165, 1.54) is 0 Å². The summed E-state index contributed by atoms with van der Waals surface area (Å²) in [4.78, 5) is 10.3. The van der Waals surface area contributed by atoms with Crippen LogP contribution in [0.3, 0.4) is 0 Å². The molecule has 1 amide bonds. The predicted molar refractivity (Wildman–Crippen MR) is 61.4 cm³/mol. The smallest absolute Gasteiger partial charge is 0.404 e. The van der Waals surface area contributed by atoms with Gasteiger partial charge in [-0.2, -0.15) is 0 Å². The van der Waals surface area contributed by atoms with Gasteiger partial charge in [-0.1, -0.05) is 33.6 Å². The highest BCUT2D eigenvalue weighted by atomic mass is 16.5. The van der Waals surface area contributed by atoms with E-state index in [1.54, 1.807) is 0 Å². The quantitative estimate of drug-likeness (QED) is 0.667. The lowest BCUT2D eigenvalue weighted by atomic mass is 9.84. The Labute approximate surface area is 92.3 Å². The first-order valence-electron chi connectivity index (χ1n) is 5.52. The summed E-state index contributed by atoms with van der Waals surface area (Å²) in [5, 5.41) is 0. The topological polar surface area (TPSA) is 78.3 Å². The number of nitrogens with two attached hydrogens (primary N) is 2. The molecular formula is C11H24N2O2. The number of carbonyl (C=O) groups is 1. The maximum absolute atomic E-state index is 10.3. The van der Waals surface area contributed by atoms with Crippen LogP contribution in [0.4, 0.5) is 4.79 Å². The number of hydrogen-bond acceptors (Lipinski definition) is 3. The van der Waals surface area contributed by atoms with Gasteiger partial charge in [0.05, 0.1) is 6.61 Å². The van der Waals surface area contributed by atoms with Crippen molar-refractivity contribution in [3.8, 4) is 0 Å². The maximum atomic E-state index is 10.3. The zero-order valence-corrected chi connectivity index (χ0v) is 10.1. The maximum Gasteiger partial charge on any atom is 0.404 e. The van der Waals surface area contributed by atoms with Gasteiger partial charge in [0.25, 0.3) is 0 Å². The van der Waals surface area contributed by atoms with Gasteiger partial charge in [-0.05, 0) is 18.3 Å². The highest BCUT2D eigenvalue weighted by Gasteiger charge is 2.19. The SMILES string of the molecule is CC(C)(C)C(N)CCCCCOC(N)=O. The first-order chi connectivity index (χ1) is 6.84. The lowest BCUT2D eigenvalue weighted by Gasteiger charge is -2.26. The van der Waals surface area contributed by atoms with E-state index in [-0.39, 0.29) is 11.5 Å². The fraction of sp³-hybridized carbons (Fsp3) is 0.909. The molecule has 0 radical (unpaired) electrons. The van der Waals surface area contributed by atoms with Crippen LogP contribution in [0.5, 0.6) is 0 Å². The molecule has 0 heterocycles. The Hall–Kier alpha value is -0.770. The summed E-state index contributed by atoms with van der Waals surface area (Å²) in [7, 11) is 0. The predicted octanol–water partition coefficient (Wildman–Crippen LogP) is 2.02. The molecule has 0 saturated heterocycles. The van der Waals surface area contributed by atoms with E-state index in [0.717, 1.165) is 25.7 Å². The first-order valence-corrected chi connectivity index (χ1v) is 5.52. The molecule has 1 unspecified atom stereocenters. The van der Waals surface area contributed by atoms with E-state index < -0.39 is 6.09 Å². The third-order valence-electron chi connectivity index (χ3n) is 2.52. The minimum atomic E-state index is -0.693. The van der Waals surface area contributed by atoms with Crippen LogP contribution >= 0.6 is 0 Å². The largest absolute Gasteiger partial charge is 0.450 e. The molecule has 0 aromatic rings. The number of primary amides is 1. The van der Waals surface area contributed by atoms with Crippen LogP contribution in [-0.4, -0.2) is 18.7 Å². The summed E-state index contributed by atoms with van der Waals surface area (Å²) >= 11 is 0. The molecule has 0 bridgehead atoms. The van der Waals surface area contributed by atoms with Crippen LogP contribution in [0.15, 0.2) is 0 Å². The average Bonchev–Trinajstić information content (AvgIpc) is 2.08. The van der Waals surface area contributed by atoms with Crippen molar-refractivity contribution in [2.45, 2.75) is 52.5 Å². The number of unbranched alkanes of at least 4 members (excludes halogenated alkanes) is 2. The Balaban J connectivity index is 3.35. The lowest BCUT2D eigenvalue weighted by Crippen LogP contribution is -2.34. The summed E-state index contributed by atoms with van der Waals surface area (Å²) in [6.45, 7) is 6.86. The molecular weight excluding hydrogens is 192 g/mol. The molecule has 0 spiro atoms.